The third-order valence-electron chi connectivity index (χ3n) is 3.64. The highest BCUT2D eigenvalue weighted by Gasteiger charge is 2.26. The lowest BCUT2D eigenvalue weighted by Gasteiger charge is -2.25. The van der Waals surface area contributed by atoms with Crippen molar-refractivity contribution in [3.8, 4) is 0 Å². The lowest BCUT2D eigenvalue weighted by Crippen LogP contribution is -2.34. The molecule has 1 saturated heterocycles. The van der Waals surface area contributed by atoms with E-state index in [1.807, 2.05) is 6.92 Å². The third-order valence-corrected chi connectivity index (χ3v) is 3.64. The molecule has 108 valence electrons. The smallest absolute Gasteiger partial charge is 0.229 e. The van der Waals surface area contributed by atoms with Crippen molar-refractivity contribution in [3.05, 3.63) is 11.7 Å². The van der Waals surface area contributed by atoms with Gasteiger partial charge in [0.2, 0.25) is 11.7 Å². The summed E-state index contributed by atoms with van der Waals surface area (Å²) in [5.74, 6) is 1.88. The summed E-state index contributed by atoms with van der Waals surface area (Å²) in [7, 11) is 0. The van der Waals surface area contributed by atoms with E-state index in [0.717, 1.165) is 38.1 Å². The molecule has 0 radical (unpaired) electrons. The van der Waals surface area contributed by atoms with Gasteiger partial charge >= 0.3 is 0 Å². The summed E-state index contributed by atoms with van der Waals surface area (Å²) in [4.78, 5) is 4.58. The first-order valence-corrected chi connectivity index (χ1v) is 7.43. The van der Waals surface area contributed by atoms with Crippen molar-refractivity contribution in [1.82, 2.24) is 15.5 Å². The zero-order valence-corrected chi connectivity index (χ0v) is 12.2. The summed E-state index contributed by atoms with van der Waals surface area (Å²) in [5.41, 5.74) is 0. The van der Waals surface area contributed by atoms with Gasteiger partial charge in [-0.25, -0.2) is 0 Å². The Bertz CT molecular complexity index is 355. The molecule has 5 heteroatoms. The molecule has 1 N–H and O–H groups in total. The molecule has 0 aromatic carbocycles. The number of rotatable bonds is 6. The average Bonchev–Trinajstić information content (AvgIpc) is 2.88. The molecule has 0 spiro atoms. The van der Waals surface area contributed by atoms with Gasteiger partial charge < -0.3 is 14.6 Å². The molecule has 1 aromatic rings. The van der Waals surface area contributed by atoms with E-state index in [1.165, 1.54) is 0 Å². The molecule has 0 saturated carbocycles. The van der Waals surface area contributed by atoms with Crippen molar-refractivity contribution in [1.29, 1.82) is 0 Å². The first-order valence-electron chi connectivity index (χ1n) is 7.43. The molecule has 2 heterocycles. The molecule has 2 rings (SSSR count). The maximum Gasteiger partial charge on any atom is 0.229 e. The molecule has 1 aliphatic heterocycles. The molecular weight excluding hydrogens is 242 g/mol. The second kappa shape index (κ2) is 7.01. The molecule has 1 aromatic heterocycles. The highest BCUT2D eigenvalue weighted by Crippen LogP contribution is 2.28. The van der Waals surface area contributed by atoms with Gasteiger partial charge in [-0.2, -0.15) is 4.98 Å². The number of nitrogens with one attached hydrogen (secondary N) is 1. The minimum absolute atomic E-state index is 0.0216. The highest BCUT2D eigenvalue weighted by atomic mass is 16.5. The monoisotopic (exact) mass is 267 g/mol. The van der Waals surface area contributed by atoms with Gasteiger partial charge in [-0.1, -0.05) is 18.5 Å². The van der Waals surface area contributed by atoms with Crippen molar-refractivity contribution in [2.75, 3.05) is 13.2 Å². The fraction of sp³-hybridized carbons (Fsp3) is 0.857. The molecule has 3 unspecified atom stereocenters. The largest absolute Gasteiger partial charge is 0.370 e. The van der Waals surface area contributed by atoms with Crippen LogP contribution in [0.15, 0.2) is 4.52 Å². The van der Waals surface area contributed by atoms with Crippen LogP contribution in [0.4, 0.5) is 0 Å². The van der Waals surface area contributed by atoms with E-state index in [9.17, 15) is 0 Å². The Hall–Kier alpha value is -0.940. The topological polar surface area (TPSA) is 60.2 Å². The fourth-order valence-corrected chi connectivity index (χ4v) is 2.65. The van der Waals surface area contributed by atoms with Gasteiger partial charge in [0.15, 0.2) is 0 Å². The standard InChI is InChI=1S/C14H25N3O2/c1-4-6-12(18-5-2)13-16-14(19-17-13)11-7-8-15-10(3)9-11/h10-12,15H,4-9H2,1-3H3. The number of ether oxygens (including phenoxy) is 1. The van der Waals surface area contributed by atoms with Crippen LogP contribution in [0.25, 0.3) is 0 Å². The Morgan fingerprint density at radius 3 is 3.00 bits per heavy atom. The zero-order chi connectivity index (χ0) is 13.7. The van der Waals surface area contributed by atoms with E-state index in [4.69, 9.17) is 9.26 Å². The Morgan fingerprint density at radius 1 is 1.47 bits per heavy atom. The molecule has 19 heavy (non-hydrogen) atoms. The van der Waals surface area contributed by atoms with Gasteiger partial charge in [0.25, 0.3) is 0 Å². The highest BCUT2D eigenvalue weighted by molar-refractivity contribution is 4.99. The van der Waals surface area contributed by atoms with Crippen LogP contribution in [0.2, 0.25) is 0 Å². The van der Waals surface area contributed by atoms with E-state index in [-0.39, 0.29) is 6.10 Å². The normalized spacial score (nSPS) is 25.4. The maximum atomic E-state index is 5.69. The lowest BCUT2D eigenvalue weighted by atomic mass is 9.93. The Morgan fingerprint density at radius 2 is 2.32 bits per heavy atom. The molecule has 5 nitrogen and oxygen atoms in total. The van der Waals surface area contributed by atoms with Crippen LogP contribution in [-0.2, 0) is 4.74 Å². The van der Waals surface area contributed by atoms with Crippen molar-refractivity contribution < 1.29 is 9.26 Å². The van der Waals surface area contributed by atoms with Crippen LogP contribution >= 0.6 is 0 Å². The Balaban J connectivity index is 2.04. The number of hydrogen-bond donors (Lipinski definition) is 1. The van der Waals surface area contributed by atoms with E-state index in [1.54, 1.807) is 0 Å². The van der Waals surface area contributed by atoms with Crippen molar-refractivity contribution in [2.45, 2.75) is 64.5 Å². The van der Waals surface area contributed by atoms with Crippen molar-refractivity contribution in [3.63, 3.8) is 0 Å². The van der Waals surface area contributed by atoms with E-state index in [2.05, 4.69) is 29.3 Å². The van der Waals surface area contributed by atoms with Crippen LogP contribution < -0.4 is 5.32 Å². The van der Waals surface area contributed by atoms with Crippen molar-refractivity contribution >= 4 is 0 Å². The Kier molecular flexibility index (Phi) is 5.34. The molecule has 1 fully saturated rings. The SMILES string of the molecule is CCCC(OCC)c1noc(C2CCNC(C)C2)n1. The van der Waals surface area contributed by atoms with Crippen LogP contribution in [0.3, 0.4) is 0 Å². The summed E-state index contributed by atoms with van der Waals surface area (Å²) < 4.78 is 11.2. The number of aromatic nitrogens is 2. The second-order valence-corrected chi connectivity index (χ2v) is 5.30. The van der Waals surface area contributed by atoms with Gasteiger partial charge in [-0.05, 0) is 39.7 Å². The van der Waals surface area contributed by atoms with Gasteiger partial charge in [-0.15, -0.1) is 0 Å². The summed E-state index contributed by atoms with van der Waals surface area (Å²) in [6.07, 6.45) is 4.11. The van der Waals surface area contributed by atoms with Crippen LogP contribution in [0.5, 0.6) is 0 Å². The van der Waals surface area contributed by atoms with Gasteiger partial charge in [0.05, 0.1) is 0 Å². The first-order chi connectivity index (χ1) is 9.24. The molecule has 0 aliphatic carbocycles. The van der Waals surface area contributed by atoms with Crippen LogP contribution in [0.1, 0.15) is 70.2 Å². The van der Waals surface area contributed by atoms with Crippen molar-refractivity contribution in [2.24, 2.45) is 0 Å². The summed E-state index contributed by atoms with van der Waals surface area (Å²) >= 11 is 0. The minimum atomic E-state index is -0.0216. The Labute approximate surface area is 115 Å². The molecule has 0 bridgehead atoms. The quantitative estimate of drug-likeness (QED) is 0.858. The first kappa shape index (κ1) is 14.5. The molecular formula is C14H25N3O2. The van der Waals surface area contributed by atoms with Gasteiger partial charge in [-0.3, -0.25) is 0 Å². The zero-order valence-electron chi connectivity index (χ0n) is 12.2. The average molecular weight is 267 g/mol. The summed E-state index contributed by atoms with van der Waals surface area (Å²) in [6, 6.07) is 0.521. The predicted molar refractivity (Wildman–Crippen MR) is 73.0 cm³/mol. The molecule has 0 amide bonds. The van der Waals surface area contributed by atoms with Crippen LogP contribution in [0, 0.1) is 0 Å². The number of hydrogen-bond acceptors (Lipinski definition) is 5. The van der Waals surface area contributed by atoms with E-state index >= 15 is 0 Å². The lowest BCUT2D eigenvalue weighted by molar-refractivity contribution is 0.0477. The molecule has 3 atom stereocenters. The fourth-order valence-electron chi connectivity index (χ4n) is 2.65. The van der Waals surface area contributed by atoms with E-state index < -0.39 is 0 Å². The third kappa shape index (κ3) is 3.76. The van der Waals surface area contributed by atoms with Gasteiger partial charge in [0.1, 0.15) is 6.10 Å². The van der Waals surface area contributed by atoms with E-state index in [0.29, 0.717) is 24.4 Å². The maximum absolute atomic E-state index is 5.69. The predicted octanol–water partition coefficient (Wildman–Crippen LogP) is 2.80. The minimum Gasteiger partial charge on any atom is -0.370 e. The number of nitrogens with zero attached hydrogens (tertiary/aromatic N) is 2. The summed E-state index contributed by atoms with van der Waals surface area (Å²) in [6.45, 7) is 8.04. The van der Waals surface area contributed by atoms with Gasteiger partial charge in [0, 0.05) is 18.6 Å². The number of piperidine rings is 1. The molecule has 1 aliphatic rings. The second-order valence-electron chi connectivity index (χ2n) is 5.30. The van der Waals surface area contributed by atoms with Crippen LogP contribution in [-0.4, -0.2) is 29.3 Å². The summed E-state index contributed by atoms with van der Waals surface area (Å²) in [5, 5.41) is 7.56.